The van der Waals surface area contributed by atoms with Gasteiger partial charge in [-0.15, -0.1) is 0 Å². The van der Waals surface area contributed by atoms with Crippen LogP contribution in [0.15, 0.2) is 16.6 Å². The van der Waals surface area contributed by atoms with Gasteiger partial charge in [0.15, 0.2) is 0 Å². The Hall–Kier alpha value is -0.290. The fourth-order valence-corrected chi connectivity index (χ4v) is 2.69. The third kappa shape index (κ3) is 3.38. The molecule has 1 fully saturated rings. The molecule has 0 bridgehead atoms. The lowest BCUT2D eigenvalue weighted by atomic mass is 10.1. The van der Waals surface area contributed by atoms with Crippen molar-refractivity contribution in [1.29, 1.82) is 0 Å². The molecule has 1 N–H and O–H groups in total. The van der Waals surface area contributed by atoms with Gasteiger partial charge in [-0.3, -0.25) is 4.79 Å². The fraction of sp³-hybridized carbons (Fsp3) is 0.417. The number of rotatable bonds is 2. The molecule has 0 radical (unpaired) electrons. The average molecular weight is 353 g/mol. The van der Waals surface area contributed by atoms with Crippen LogP contribution in [-0.2, 0) is 4.74 Å². The molecule has 0 saturated carbocycles. The number of amides is 1. The normalized spacial score (nSPS) is 16.6. The summed E-state index contributed by atoms with van der Waals surface area (Å²) in [5.74, 6) is -0.193. The molecule has 2 rings (SSSR count). The molecule has 0 atom stereocenters. The van der Waals surface area contributed by atoms with Crippen LogP contribution in [0.25, 0.3) is 0 Å². The van der Waals surface area contributed by atoms with Crippen LogP contribution in [-0.4, -0.2) is 25.2 Å². The number of hydrogen-bond donors (Lipinski definition) is 1. The average Bonchev–Trinajstić information content (AvgIpc) is 2.35. The van der Waals surface area contributed by atoms with Crippen molar-refractivity contribution in [3.63, 3.8) is 0 Å². The van der Waals surface area contributed by atoms with Crippen LogP contribution in [0, 0.1) is 0 Å². The minimum absolute atomic E-state index is 0.143. The lowest BCUT2D eigenvalue weighted by molar-refractivity contribution is 0.0696. The molecule has 0 spiro atoms. The van der Waals surface area contributed by atoms with E-state index in [2.05, 4.69) is 21.2 Å². The molecule has 1 aliphatic rings. The van der Waals surface area contributed by atoms with Gasteiger partial charge in [-0.2, -0.15) is 0 Å². The summed E-state index contributed by atoms with van der Waals surface area (Å²) in [6.07, 6.45) is 1.65. The molecule has 1 amide bonds. The summed E-state index contributed by atoms with van der Waals surface area (Å²) in [6, 6.07) is 3.34. The maximum atomic E-state index is 12.1. The molecule has 1 heterocycles. The second-order valence-electron chi connectivity index (χ2n) is 4.11. The molecule has 98 valence electrons. The Morgan fingerprint density at radius 3 is 2.61 bits per heavy atom. The maximum absolute atomic E-state index is 12.1. The predicted molar refractivity (Wildman–Crippen MR) is 75.5 cm³/mol. The number of nitrogens with one attached hydrogen (secondary N) is 1. The summed E-state index contributed by atoms with van der Waals surface area (Å²) in [4.78, 5) is 12.1. The molecule has 1 aromatic rings. The van der Waals surface area contributed by atoms with Crippen LogP contribution in [0.4, 0.5) is 0 Å². The Kier molecular flexibility index (Phi) is 4.90. The summed E-state index contributed by atoms with van der Waals surface area (Å²) >= 11 is 15.3. The van der Waals surface area contributed by atoms with E-state index in [4.69, 9.17) is 27.9 Å². The zero-order valence-electron chi connectivity index (χ0n) is 9.51. The van der Waals surface area contributed by atoms with E-state index in [1.165, 1.54) is 0 Å². The van der Waals surface area contributed by atoms with Crippen LogP contribution in [0.1, 0.15) is 23.2 Å². The lowest BCUT2D eigenvalue weighted by Gasteiger charge is -2.23. The topological polar surface area (TPSA) is 38.3 Å². The van der Waals surface area contributed by atoms with E-state index in [1.807, 2.05) is 0 Å². The van der Waals surface area contributed by atoms with E-state index in [-0.39, 0.29) is 11.9 Å². The van der Waals surface area contributed by atoms with E-state index in [0.717, 1.165) is 12.8 Å². The first-order valence-electron chi connectivity index (χ1n) is 5.61. The standard InChI is InChI=1S/C12H12BrCl2NO2/c13-9-6-10(14)8(5-11(9)15)12(17)16-7-1-3-18-4-2-7/h5-7H,1-4H2,(H,16,17). The maximum Gasteiger partial charge on any atom is 0.253 e. The predicted octanol–water partition coefficient (Wildman–Crippen LogP) is 3.66. The first-order valence-corrected chi connectivity index (χ1v) is 7.16. The quantitative estimate of drug-likeness (QED) is 0.825. The van der Waals surface area contributed by atoms with Crippen LogP contribution < -0.4 is 5.32 Å². The smallest absolute Gasteiger partial charge is 0.253 e. The number of ether oxygens (including phenoxy) is 1. The number of benzene rings is 1. The SMILES string of the molecule is O=C(NC1CCOCC1)c1cc(Cl)c(Br)cc1Cl. The van der Waals surface area contributed by atoms with Crippen molar-refractivity contribution in [2.24, 2.45) is 0 Å². The Labute approximate surface area is 124 Å². The van der Waals surface area contributed by atoms with Gasteiger partial charge in [0.05, 0.1) is 15.6 Å². The number of carbonyl (C=O) groups excluding carboxylic acids is 1. The van der Waals surface area contributed by atoms with Gasteiger partial charge in [-0.1, -0.05) is 23.2 Å². The molecule has 0 aliphatic carbocycles. The minimum atomic E-state index is -0.193. The molecule has 0 aromatic heterocycles. The van der Waals surface area contributed by atoms with Crippen LogP contribution in [0.5, 0.6) is 0 Å². The van der Waals surface area contributed by atoms with Crippen molar-refractivity contribution in [3.8, 4) is 0 Å². The number of halogens is 3. The lowest BCUT2D eigenvalue weighted by Crippen LogP contribution is -2.39. The van der Waals surface area contributed by atoms with Crippen molar-refractivity contribution in [2.75, 3.05) is 13.2 Å². The fourth-order valence-electron chi connectivity index (χ4n) is 1.80. The molecular weight excluding hydrogens is 341 g/mol. The van der Waals surface area contributed by atoms with Gasteiger partial charge in [-0.25, -0.2) is 0 Å². The minimum Gasteiger partial charge on any atom is -0.381 e. The third-order valence-electron chi connectivity index (χ3n) is 2.81. The van der Waals surface area contributed by atoms with E-state index in [1.54, 1.807) is 12.1 Å². The van der Waals surface area contributed by atoms with Crippen molar-refractivity contribution in [2.45, 2.75) is 18.9 Å². The molecule has 6 heteroatoms. The first kappa shape index (κ1) is 14.1. The number of carbonyl (C=O) groups is 1. The third-order valence-corrected chi connectivity index (χ3v) is 4.32. The molecule has 3 nitrogen and oxygen atoms in total. The highest BCUT2D eigenvalue weighted by molar-refractivity contribution is 9.10. The zero-order chi connectivity index (χ0) is 13.1. The van der Waals surface area contributed by atoms with Crippen LogP contribution in [0.2, 0.25) is 10.0 Å². The van der Waals surface area contributed by atoms with Gasteiger partial charge in [0.2, 0.25) is 0 Å². The first-order chi connectivity index (χ1) is 8.58. The van der Waals surface area contributed by atoms with Gasteiger partial charge in [0.1, 0.15) is 0 Å². The summed E-state index contributed by atoms with van der Waals surface area (Å²) < 4.78 is 5.92. The Balaban J connectivity index is 2.10. The molecule has 0 unspecified atom stereocenters. The van der Waals surface area contributed by atoms with Crippen molar-refractivity contribution in [1.82, 2.24) is 5.32 Å². The van der Waals surface area contributed by atoms with Crippen LogP contribution >= 0.6 is 39.1 Å². The highest BCUT2D eigenvalue weighted by atomic mass is 79.9. The summed E-state index contributed by atoms with van der Waals surface area (Å²) in [5, 5.41) is 3.80. The monoisotopic (exact) mass is 351 g/mol. The molecular formula is C12H12BrCl2NO2. The molecule has 1 saturated heterocycles. The molecule has 18 heavy (non-hydrogen) atoms. The largest absolute Gasteiger partial charge is 0.381 e. The molecule has 1 aromatic carbocycles. The van der Waals surface area contributed by atoms with Gasteiger partial charge in [-0.05, 0) is 40.9 Å². The van der Waals surface area contributed by atoms with Gasteiger partial charge in [0.25, 0.3) is 5.91 Å². The zero-order valence-corrected chi connectivity index (χ0v) is 12.6. The van der Waals surface area contributed by atoms with E-state index < -0.39 is 0 Å². The highest BCUT2D eigenvalue weighted by Crippen LogP contribution is 2.29. The number of hydrogen-bond acceptors (Lipinski definition) is 2. The second-order valence-corrected chi connectivity index (χ2v) is 5.78. The Morgan fingerprint density at radius 2 is 1.94 bits per heavy atom. The van der Waals surface area contributed by atoms with Gasteiger partial charge >= 0.3 is 0 Å². The highest BCUT2D eigenvalue weighted by Gasteiger charge is 2.19. The van der Waals surface area contributed by atoms with Gasteiger partial charge in [0, 0.05) is 23.7 Å². The Morgan fingerprint density at radius 1 is 1.28 bits per heavy atom. The van der Waals surface area contributed by atoms with E-state index >= 15 is 0 Å². The van der Waals surface area contributed by atoms with Gasteiger partial charge < -0.3 is 10.1 Å². The van der Waals surface area contributed by atoms with Crippen LogP contribution in [0.3, 0.4) is 0 Å². The van der Waals surface area contributed by atoms with Crippen molar-refractivity contribution >= 4 is 45.0 Å². The van der Waals surface area contributed by atoms with E-state index in [9.17, 15) is 4.79 Å². The van der Waals surface area contributed by atoms with Crippen molar-refractivity contribution < 1.29 is 9.53 Å². The summed E-state index contributed by atoms with van der Waals surface area (Å²) in [7, 11) is 0. The Bertz CT molecular complexity index is 462. The van der Waals surface area contributed by atoms with E-state index in [0.29, 0.717) is 33.3 Å². The molecule has 1 aliphatic heterocycles. The van der Waals surface area contributed by atoms with Crippen molar-refractivity contribution in [3.05, 3.63) is 32.2 Å². The second kappa shape index (κ2) is 6.24. The summed E-state index contributed by atoms with van der Waals surface area (Å²) in [6.45, 7) is 1.36. The summed E-state index contributed by atoms with van der Waals surface area (Å²) in [5.41, 5.74) is 0.399.